The number of carbonyl (C=O) groups excluding carboxylic acids is 1. The molecule has 0 saturated heterocycles. The Hall–Kier alpha value is -3.62. The average Bonchev–Trinajstić information content (AvgIpc) is 3.33. The highest BCUT2D eigenvalue weighted by Gasteiger charge is 2.31. The van der Waals surface area contributed by atoms with Crippen LogP contribution >= 0.6 is 0 Å². The quantitative estimate of drug-likeness (QED) is 0.566. The van der Waals surface area contributed by atoms with Crippen LogP contribution in [0.25, 0.3) is 22.5 Å². The summed E-state index contributed by atoms with van der Waals surface area (Å²) in [6, 6.07) is 7.10. The minimum atomic E-state index is -4.50. The summed E-state index contributed by atoms with van der Waals surface area (Å²) in [7, 11) is 0. The second-order valence-corrected chi connectivity index (χ2v) is 6.50. The molecule has 0 aliphatic heterocycles. The summed E-state index contributed by atoms with van der Waals surface area (Å²) in [6.45, 7) is 1.83. The fraction of sp³-hybridized carbons (Fsp3) is 0.150. The Balaban J connectivity index is 1.96. The minimum absolute atomic E-state index is 0.113. The Kier molecular flexibility index (Phi) is 4.37. The molecule has 3 heterocycles. The van der Waals surface area contributed by atoms with E-state index in [9.17, 15) is 18.0 Å². The van der Waals surface area contributed by atoms with Gasteiger partial charge in [-0.05, 0) is 41.8 Å². The Morgan fingerprint density at radius 3 is 2.66 bits per heavy atom. The zero-order valence-corrected chi connectivity index (χ0v) is 15.3. The summed E-state index contributed by atoms with van der Waals surface area (Å²) < 4.78 is 43.0. The molecule has 0 fully saturated rings. The second-order valence-electron chi connectivity index (χ2n) is 6.50. The van der Waals surface area contributed by atoms with Crippen LogP contribution in [0.1, 0.15) is 28.4 Å². The van der Waals surface area contributed by atoms with Gasteiger partial charge in [-0.15, -0.1) is 0 Å². The predicted octanol–water partition coefficient (Wildman–Crippen LogP) is 3.87. The maximum atomic E-state index is 13.3. The summed E-state index contributed by atoms with van der Waals surface area (Å²) in [4.78, 5) is 16.3. The summed E-state index contributed by atoms with van der Waals surface area (Å²) in [6.07, 6.45) is 2.14. The number of benzene rings is 1. The molecule has 0 aliphatic rings. The van der Waals surface area contributed by atoms with Crippen LogP contribution in [0.2, 0.25) is 0 Å². The van der Waals surface area contributed by atoms with Crippen LogP contribution in [0.3, 0.4) is 0 Å². The molecular formula is C20H16F3N5O. The van der Waals surface area contributed by atoms with Crippen molar-refractivity contribution in [3.8, 4) is 16.9 Å². The van der Waals surface area contributed by atoms with E-state index in [0.29, 0.717) is 34.4 Å². The number of alkyl halides is 3. The van der Waals surface area contributed by atoms with E-state index in [4.69, 9.17) is 5.73 Å². The molecule has 0 aliphatic carbocycles. The molecule has 3 aromatic heterocycles. The van der Waals surface area contributed by atoms with Crippen molar-refractivity contribution in [1.29, 1.82) is 0 Å². The number of hydrogen-bond donors (Lipinski definition) is 1. The summed E-state index contributed by atoms with van der Waals surface area (Å²) >= 11 is 0. The van der Waals surface area contributed by atoms with Crippen LogP contribution in [0, 0.1) is 0 Å². The Labute approximate surface area is 163 Å². The van der Waals surface area contributed by atoms with Gasteiger partial charge >= 0.3 is 6.18 Å². The fourth-order valence-electron chi connectivity index (χ4n) is 3.35. The zero-order chi connectivity index (χ0) is 20.8. The van der Waals surface area contributed by atoms with Crippen molar-refractivity contribution in [2.45, 2.75) is 19.5 Å². The number of aromatic nitrogens is 4. The van der Waals surface area contributed by atoms with Gasteiger partial charge in [0.2, 0.25) is 0 Å². The summed E-state index contributed by atoms with van der Waals surface area (Å²) in [5, 5.41) is 4.09. The number of rotatable bonds is 4. The maximum absolute atomic E-state index is 13.3. The number of primary amides is 1. The largest absolute Gasteiger partial charge is 0.416 e. The molecule has 2 N–H and O–H groups in total. The van der Waals surface area contributed by atoms with Crippen molar-refractivity contribution < 1.29 is 18.0 Å². The molecule has 148 valence electrons. The van der Waals surface area contributed by atoms with Crippen LogP contribution < -0.4 is 5.73 Å². The number of carbonyl (C=O) groups is 1. The molecule has 4 aromatic rings. The first-order valence-corrected chi connectivity index (χ1v) is 8.80. The van der Waals surface area contributed by atoms with E-state index in [-0.39, 0.29) is 5.56 Å². The highest BCUT2D eigenvalue weighted by atomic mass is 19.4. The van der Waals surface area contributed by atoms with Crippen LogP contribution in [0.5, 0.6) is 0 Å². The molecule has 29 heavy (non-hydrogen) atoms. The lowest BCUT2D eigenvalue weighted by Crippen LogP contribution is -2.12. The molecule has 0 radical (unpaired) electrons. The molecule has 1 amide bonds. The number of nitrogens with zero attached hydrogens (tertiary/aromatic N) is 4. The molecule has 4 rings (SSSR count). The van der Waals surface area contributed by atoms with Gasteiger partial charge in [-0.2, -0.15) is 18.3 Å². The van der Waals surface area contributed by atoms with Gasteiger partial charge in [0.1, 0.15) is 11.8 Å². The third-order valence-electron chi connectivity index (χ3n) is 4.76. The molecule has 1 aromatic carbocycles. The van der Waals surface area contributed by atoms with E-state index in [2.05, 4.69) is 10.1 Å². The van der Waals surface area contributed by atoms with Crippen molar-refractivity contribution >= 4 is 11.4 Å². The van der Waals surface area contributed by atoms with E-state index >= 15 is 0 Å². The minimum Gasteiger partial charge on any atom is -0.366 e. The normalized spacial score (nSPS) is 11.9. The third kappa shape index (κ3) is 3.24. The molecule has 0 saturated carbocycles. The van der Waals surface area contributed by atoms with Crippen molar-refractivity contribution in [3.63, 3.8) is 0 Å². The lowest BCUT2D eigenvalue weighted by molar-refractivity contribution is -0.137. The number of fused-ring (bicyclic) bond motifs is 1. The fourth-order valence-corrected chi connectivity index (χ4v) is 3.35. The van der Waals surface area contributed by atoms with Crippen molar-refractivity contribution in [2.75, 3.05) is 0 Å². The van der Waals surface area contributed by atoms with Gasteiger partial charge in [0.15, 0.2) is 5.82 Å². The maximum Gasteiger partial charge on any atom is 0.416 e. The average molecular weight is 399 g/mol. The summed E-state index contributed by atoms with van der Waals surface area (Å²) in [5.74, 6) is -0.262. The second kappa shape index (κ2) is 6.77. The van der Waals surface area contributed by atoms with Gasteiger partial charge < -0.3 is 10.3 Å². The van der Waals surface area contributed by atoms with Crippen molar-refractivity contribution in [2.24, 2.45) is 5.73 Å². The number of halogens is 3. The SMILES string of the molecule is CCc1ccc(C(F)(F)F)cc1-c1cn(-c2ncnn3cccc23)cc1C(N)=O. The highest BCUT2D eigenvalue weighted by Crippen LogP contribution is 2.36. The first-order chi connectivity index (χ1) is 13.8. The molecule has 0 bridgehead atoms. The molecule has 9 heteroatoms. The zero-order valence-electron chi connectivity index (χ0n) is 15.3. The lowest BCUT2D eigenvalue weighted by Gasteiger charge is -2.13. The monoisotopic (exact) mass is 399 g/mol. The van der Waals surface area contributed by atoms with E-state index in [1.807, 2.05) is 6.92 Å². The first kappa shape index (κ1) is 18.7. The van der Waals surface area contributed by atoms with Crippen LogP contribution in [0.4, 0.5) is 13.2 Å². The third-order valence-corrected chi connectivity index (χ3v) is 4.76. The highest BCUT2D eigenvalue weighted by molar-refractivity contribution is 6.00. The molecular weight excluding hydrogens is 383 g/mol. The Bertz CT molecular complexity index is 1220. The van der Waals surface area contributed by atoms with Crippen LogP contribution in [-0.2, 0) is 12.6 Å². The van der Waals surface area contributed by atoms with Gasteiger partial charge in [0.05, 0.1) is 11.1 Å². The van der Waals surface area contributed by atoms with Gasteiger partial charge in [-0.25, -0.2) is 9.50 Å². The summed E-state index contributed by atoms with van der Waals surface area (Å²) in [5.41, 5.74) is 6.85. The van der Waals surface area contributed by atoms with Gasteiger partial charge in [-0.1, -0.05) is 13.0 Å². The molecule has 6 nitrogen and oxygen atoms in total. The van der Waals surface area contributed by atoms with E-state index in [1.54, 1.807) is 33.6 Å². The van der Waals surface area contributed by atoms with Gasteiger partial charge in [-0.3, -0.25) is 4.79 Å². The Morgan fingerprint density at radius 1 is 1.17 bits per heavy atom. The van der Waals surface area contributed by atoms with E-state index in [0.717, 1.165) is 12.1 Å². The molecule has 0 atom stereocenters. The van der Waals surface area contributed by atoms with Crippen molar-refractivity contribution in [3.05, 3.63) is 71.9 Å². The van der Waals surface area contributed by atoms with Crippen LogP contribution in [-0.4, -0.2) is 25.1 Å². The Morgan fingerprint density at radius 2 is 1.97 bits per heavy atom. The standard InChI is InChI=1S/C20H16F3N5O/c1-2-12-5-6-13(20(21,22)23)8-14(12)15-9-27(10-16(15)18(24)29)19-17-4-3-7-28(17)26-11-25-19/h3-11H,2H2,1H3,(H2,24,29). The number of nitrogens with two attached hydrogens (primary N) is 1. The van der Waals surface area contributed by atoms with Crippen LogP contribution in [0.15, 0.2) is 55.2 Å². The van der Waals surface area contributed by atoms with E-state index < -0.39 is 17.6 Å². The first-order valence-electron chi connectivity index (χ1n) is 8.80. The number of aryl methyl sites for hydroxylation is 1. The lowest BCUT2D eigenvalue weighted by atomic mass is 9.95. The molecule has 0 unspecified atom stereocenters. The molecule has 0 spiro atoms. The smallest absolute Gasteiger partial charge is 0.366 e. The van der Waals surface area contributed by atoms with E-state index in [1.165, 1.54) is 18.6 Å². The number of hydrogen-bond acceptors (Lipinski definition) is 3. The van der Waals surface area contributed by atoms with Gasteiger partial charge in [0, 0.05) is 24.2 Å². The number of amides is 1. The predicted molar refractivity (Wildman–Crippen MR) is 101 cm³/mol. The van der Waals surface area contributed by atoms with Gasteiger partial charge in [0.25, 0.3) is 5.91 Å². The van der Waals surface area contributed by atoms with Crippen molar-refractivity contribution in [1.82, 2.24) is 19.2 Å². The topological polar surface area (TPSA) is 78.2 Å².